The maximum atomic E-state index is 13.2. The molecule has 0 saturated heterocycles. The Morgan fingerprint density at radius 2 is 1.92 bits per heavy atom. The van der Waals surface area contributed by atoms with Crippen LogP contribution in [0.25, 0.3) is 17.4 Å². The number of halogens is 2. The lowest BCUT2D eigenvalue weighted by Crippen LogP contribution is -2.13. The van der Waals surface area contributed by atoms with Gasteiger partial charge in [0.05, 0.1) is 0 Å². The number of carbonyl (C=O) groups is 1. The molecule has 1 heterocycles. The number of hydrogen-bond acceptors (Lipinski definition) is 3. The van der Waals surface area contributed by atoms with Crippen LogP contribution in [0.4, 0.5) is 10.1 Å². The molecule has 0 fully saturated rings. The molecule has 0 unspecified atom stereocenters. The number of furan rings is 1. The Balaban J connectivity index is 1.80. The minimum absolute atomic E-state index is 0.161. The number of nitrogens with one attached hydrogen (secondary N) is 1. The Kier molecular flexibility index (Phi) is 5.16. The second kappa shape index (κ2) is 7.68. The summed E-state index contributed by atoms with van der Waals surface area (Å²) >= 11 is 5.86. The fourth-order valence-electron chi connectivity index (χ4n) is 2.26. The van der Waals surface area contributed by atoms with Crippen molar-refractivity contribution in [3.63, 3.8) is 0 Å². The lowest BCUT2D eigenvalue weighted by Gasteiger charge is -2.03. The van der Waals surface area contributed by atoms with Crippen LogP contribution in [0.5, 0.6) is 0 Å². The molecule has 0 saturated carbocycles. The van der Waals surface area contributed by atoms with Gasteiger partial charge in [0.15, 0.2) is 0 Å². The molecule has 1 amide bonds. The van der Waals surface area contributed by atoms with Crippen molar-refractivity contribution in [2.45, 2.75) is 0 Å². The quantitative estimate of drug-likeness (QED) is 0.504. The van der Waals surface area contributed by atoms with Crippen molar-refractivity contribution in [3.05, 3.63) is 82.8 Å². The Morgan fingerprint density at radius 3 is 2.62 bits per heavy atom. The lowest BCUT2D eigenvalue weighted by molar-refractivity contribution is -0.112. The molecule has 0 radical (unpaired) electrons. The van der Waals surface area contributed by atoms with Crippen molar-refractivity contribution in [1.82, 2.24) is 0 Å². The molecule has 0 aliphatic heterocycles. The van der Waals surface area contributed by atoms with Gasteiger partial charge < -0.3 is 9.73 Å². The number of benzene rings is 2. The number of carbonyl (C=O) groups excluding carboxylic acids is 1. The maximum absolute atomic E-state index is 13.2. The van der Waals surface area contributed by atoms with Crippen molar-refractivity contribution < 1.29 is 13.6 Å². The molecule has 4 nitrogen and oxygen atoms in total. The summed E-state index contributed by atoms with van der Waals surface area (Å²) in [7, 11) is 0. The van der Waals surface area contributed by atoms with Crippen molar-refractivity contribution in [3.8, 4) is 17.4 Å². The molecule has 1 aromatic heterocycles. The van der Waals surface area contributed by atoms with E-state index in [1.807, 2.05) is 6.07 Å². The molecule has 6 heteroatoms. The standard InChI is InChI=1S/C20H12ClFN2O2/c21-15-6-4-13(5-7-15)19-9-8-18(26-19)10-14(12-23)20(25)24-17-3-1-2-16(22)11-17/h1-11H,(H,24,25)/b14-10+. The van der Waals surface area contributed by atoms with Crippen LogP contribution in [0.15, 0.2) is 70.7 Å². The molecule has 0 aliphatic rings. The number of hydrogen-bond donors (Lipinski definition) is 1. The van der Waals surface area contributed by atoms with Crippen molar-refractivity contribution in [2.75, 3.05) is 5.32 Å². The van der Waals surface area contributed by atoms with Crippen molar-refractivity contribution >= 4 is 29.3 Å². The number of nitrogens with zero attached hydrogens (tertiary/aromatic N) is 1. The summed E-state index contributed by atoms with van der Waals surface area (Å²) in [5, 5.41) is 12.3. The first kappa shape index (κ1) is 17.5. The SMILES string of the molecule is N#C/C(=C\c1ccc(-c2ccc(Cl)cc2)o1)C(=O)Nc1cccc(F)c1. The number of nitriles is 1. The molecule has 3 rings (SSSR count). The first-order valence-corrected chi connectivity index (χ1v) is 7.97. The first-order chi connectivity index (χ1) is 12.5. The Bertz CT molecular complexity index is 1020. The molecule has 2 aromatic carbocycles. The van der Waals surface area contributed by atoms with E-state index in [2.05, 4.69) is 5.32 Å². The Hall–Kier alpha value is -3.36. The number of rotatable bonds is 4. The number of anilines is 1. The van der Waals surface area contributed by atoms with E-state index in [0.29, 0.717) is 16.5 Å². The van der Waals surface area contributed by atoms with Crippen LogP contribution in [0.2, 0.25) is 5.02 Å². The van der Waals surface area contributed by atoms with Gasteiger partial charge in [-0.25, -0.2) is 4.39 Å². The van der Waals surface area contributed by atoms with E-state index in [1.165, 1.54) is 30.3 Å². The smallest absolute Gasteiger partial charge is 0.266 e. The summed E-state index contributed by atoms with van der Waals surface area (Å²) in [4.78, 5) is 12.2. The minimum atomic E-state index is -0.650. The largest absolute Gasteiger partial charge is 0.457 e. The predicted octanol–water partition coefficient (Wildman–Crippen LogP) is 5.28. The van der Waals surface area contributed by atoms with Gasteiger partial charge in [0, 0.05) is 22.3 Å². The fraction of sp³-hybridized carbons (Fsp3) is 0. The third-order valence-electron chi connectivity index (χ3n) is 3.49. The van der Waals surface area contributed by atoms with Gasteiger partial charge in [0.2, 0.25) is 0 Å². The second-order valence-corrected chi connectivity index (χ2v) is 5.78. The third kappa shape index (κ3) is 4.18. The van der Waals surface area contributed by atoms with Gasteiger partial charge in [-0.2, -0.15) is 5.26 Å². The zero-order valence-corrected chi connectivity index (χ0v) is 14.1. The fourth-order valence-corrected chi connectivity index (χ4v) is 2.38. The highest BCUT2D eigenvalue weighted by molar-refractivity contribution is 6.30. The van der Waals surface area contributed by atoms with Gasteiger partial charge in [-0.15, -0.1) is 0 Å². The van der Waals surface area contributed by atoms with Crippen LogP contribution in [0.3, 0.4) is 0 Å². The summed E-state index contributed by atoms with van der Waals surface area (Å²) in [6.45, 7) is 0. The van der Waals surface area contributed by atoms with E-state index in [-0.39, 0.29) is 11.3 Å². The molecule has 3 aromatic rings. The summed E-state index contributed by atoms with van der Waals surface area (Å²) in [5.74, 6) is -0.205. The highest BCUT2D eigenvalue weighted by Crippen LogP contribution is 2.25. The van der Waals surface area contributed by atoms with Gasteiger partial charge >= 0.3 is 0 Å². The average molecular weight is 367 g/mol. The Morgan fingerprint density at radius 1 is 1.15 bits per heavy atom. The van der Waals surface area contributed by atoms with E-state index < -0.39 is 11.7 Å². The monoisotopic (exact) mass is 366 g/mol. The molecule has 1 N–H and O–H groups in total. The topological polar surface area (TPSA) is 66.0 Å². The average Bonchev–Trinajstić information content (AvgIpc) is 3.09. The molecular weight excluding hydrogens is 355 g/mol. The molecular formula is C20H12ClFN2O2. The van der Waals surface area contributed by atoms with Crippen LogP contribution in [0.1, 0.15) is 5.76 Å². The van der Waals surface area contributed by atoms with Crippen LogP contribution >= 0.6 is 11.6 Å². The van der Waals surface area contributed by atoms with Crippen LogP contribution < -0.4 is 5.32 Å². The van der Waals surface area contributed by atoms with E-state index in [1.54, 1.807) is 36.4 Å². The molecule has 0 aliphatic carbocycles. The highest BCUT2D eigenvalue weighted by Gasteiger charge is 2.12. The minimum Gasteiger partial charge on any atom is -0.457 e. The van der Waals surface area contributed by atoms with E-state index >= 15 is 0 Å². The molecule has 0 spiro atoms. The third-order valence-corrected chi connectivity index (χ3v) is 3.74. The van der Waals surface area contributed by atoms with Gasteiger partial charge in [-0.1, -0.05) is 17.7 Å². The van der Waals surface area contributed by atoms with Crippen LogP contribution in [0, 0.1) is 17.1 Å². The number of amides is 1. The van der Waals surface area contributed by atoms with E-state index in [9.17, 15) is 14.4 Å². The Labute approximate surface area is 154 Å². The normalized spacial score (nSPS) is 11.0. The molecule has 26 heavy (non-hydrogen) atoms. The second-order valence-electron chi connectivity index (χ2n) is 5.34. The summed E-state index contributed by atoms with van der Waals surface area (Å²) in [5.41, 5.74) is 0.917. The summed E-state index contributed by atoms with van der Waals surface area (Å²) < 4.78 is 18.8. The van der Waals surface area contributed by atoms with Crippen LogP contribution in [-0.4, -0.2) is 5.91 Å². The van der Waals surface area contributed by atoms with Gasteiger partial charge in [-0.3, -0.25) is 4.79 Å². The molecule has 0 bridgehead atoms. The van der Waals surface area contributed by atoms with Crippen LogP contribution in [-0.2, 0) is 4.79 Å². The van der Waals surface area contributed by atoms with E-state index in [0.717, 1.165) is 5.56 Å². The molecule has 128 valence electrons. The summed E-state index contributed by atoms with van der Waals surface area (Å²) in [6, 6.07) is 17.7. The zero-order chi connectivity index (χ0) is 18.5. The van der Waals surface area contributed by atoms with Gasteiger partial charge in [-0.05, 0) is 54.6 Å². The van der Waals surface area contributed by atoms with Crippen molar-refractivity contribution in [2.24, 2.45) is 0 Å². The van der Waals surface area contributed by atoms with Gasteiger partial charge in [0.25, 0.3) is 5.91 Å². The maximum Gasteiger partial charge on any atom is 0.266 e. The van der Waals surface area contributed by atoms with E-state index in [4.69, 9.17) is 16.0 Å². The molecule has 0 atom stereocenters. The van der Waals surface area contributed by atoms with Gasteiger partial charge in [0.1, 0.15) is 29.0 Å². The zero-order valence-electron chi connectivity index (χ0n) is 13.4. The summed E-state index contributed by atoms with van der Waals surface area (Å²) in [6.07, 6.45) is 1.33. The first-order valence-electron chi connectivity index (χ1n) is 7.59. The highest BCUT2D eigenvalue weighted by atomic mass is 35.5. The predicted molar refractivity (Wildman–Crippen MR) is 97.8 cm³/mol. The van der Waals surface area contributed by atoms with Crippen molar-refractivity contribution in [1.29, 1.82) is 5.26 Å². The lowest BCUT2D eigenvalue weighted by atomic mass is 10.2.